The van der Waals surface area contributed by atoms with Crippen molar-refractivity contribution in [1.29, 1.82) is 0 Å². The number of hydrogen-bond acceptors (Lipinski definition) is 2. The van der Waals surface area contributed by atoms with E-state index in [2.05, 4.69) is 10.6 Å². The van der Waals surface area contributed by atoms with Gasteiger partial charge in [0.2, 0.25) is 0 Å². The molecule has 5 heteroatoms. The van der Waals surface area contributed by atoms with Gasteiger partial charge in [-0.15, -0.1) is 0 Å². The normalized spacial score (nSPS) is 18.1. The van der Waals surface area contributed by atoms with Crippen LogP contribution in [0.5, 0.6) is 0 Å². The second-order valence-corrected chi connectivity index (χ2v) is 6.73. The third kappa shape index (κ3) is 3.89. The second kappa shape index (κ2) is 4.78. The number of urea groups is 1. The summed E-state index contributed by atoms with van der Waals surface area (Å²) in [7, 11) is 0. The maximum Gasteiger partial charge on any atom is 0.326 e. The van der Waals surface area contributed by atoms with Crippen molar-refractivity contribution in [1.82, 2.24) is 10.6 Å². The van der Waals surface area contributed by atoms with Crippen molar-refractivity contribution in [2.45, 2.75) is 59.0 Å². The molecule has 0 heterocycles. The van der Waals surface area contributed by atoms with Crippen molar-refractivity contribution in [3.63, 3.8) is 0 Å². The van der Waals surface area contributed by atoms with Crippen molar-refractivity contribution in [2.24, 2.45) is 11.3 Å². The molecule has 0 aromatic heterocycles. The SMILES string of the molecule is CC(C)(C)C(NC(=O)NC(C)(C)C1CC1)C(=O)O. The van der Waals surface area contributed by atoms with Gasteiger partial charge in [0.05, 0.1) is 0 Å². The summed E-state index contributed by atoms with van der Waals surface area (Å²) in [4.78, 5) is 23.0. The predicted octanol–water partition coefficient (Wildman–Crippen LogP) is 1.97. The van der Waals surface area contributed by atoms with E-state index in [4.69, 9.17) is 5.11 Å². The van der Waals surface area contributed by atoms with Gasteiger partial charge in [0.1, 0.15) is 6.04 Å². The average molecular weight is 256 g/mol. The summed E-state index contributed by atoms with van der Waals surface area (Å²) < 4.78 is 0. The van der Waals surface area contributed by atoms with Gasteiger partial charge in [-0.3, -0.25) is 0 Å². The first-order valence-electron chi connectivity index (χ1n) is 6.35. The number of carbonyl (C=O) groups is 2. The Kier molecular flexibility index (Phi) is 3.93. The van der Waals surface area contributed by atoms with Gasteiger partial charge in [-0.1, -0.05) is 20.8 Å². The first-order valence-corrected chi connectivity index (χ1v) is 6.35. The highest BCUT2D eigenvalue weighted by atomic mass is 16.4. The number of hydrogen-bond donors (Lipinski definition) is 3. The summed E-state index contributed by atoms with van der Waals surface area (Å²) in [5.74, 6) is -0.511. The summed E-state index contributed by atoms with van der Waals surface area (Å²) in [6, 6.07) is -1.30. The molecular formula is C13H24N2O3. The molecule has 1 aliphatic carbocycles. The molecule has 5 nitrogen and oxygen atoms in total. The van der Waals surface area contributed by atoms with Gasteiger partial charge in [-0.05, 0) is 38.0 Å². The Morgan fingerprint density at radius 2 is 1.67 bits per heavy atom. The van der Waals surface area contributed by atoms with Crippen molar-refractivity contribution < 1.29 is 14.7 Å². The van der Waals surface area contributed by atoms with Crippen LogP contribution in [0.2, 0.25) is 0 Å². The average Bonchev–Trinajstić information content (AvgIpc) is 2.93. The molecule has 1 unspecified atom stereocenters. The molecule has 1 atom stereocenters. The van der Waals surface area contributed by atoms with Gasteiger partial charge in [-0.25, -0.2) is 9.59 Å². The maximum absolute atomic E-state index is 11.9. The van der Waals surface area contributed by atoms with Crippen LogP contribution in [0.25, 0.3) is 0 Å². The van der Waals surface area contributed by atoms with E-state index in [9.17, 15) is 9.59 Å². The zero-order valence-corrected chi connectivity index (χ0v) is 11.8. The molecule has 0 bridgehead atoms. The zero-order chi connectivity index (χ0) is 14.1. The molecule has 104 valence electrons. The van der Waals surface area contributed by atoms with Crippen LogP contribution in [0.3, 0.4) is 0 Å². The Labute approximate surface area is 108 Å². The molecule has 2 amide bonds. The molecular weight excluding hydrogens is 232 g/mol. The van der Waals surface area contributed by atoms with Crippen LogP contribution >= 0.6 is 0 Å². The summed E-state index contributed by atoms with van der Waals surface area (Å²) in [5, 5.41) is 14.5. The summed E-state index contributed by atoms with van der Waals surface area (Å²) in [6.45, 7) is 9.31. The Hall–Kier alpha value is -1.26. The Bertz CT molecular complexity index is 341. The smallest absolute Gasteiger partial charge is 0.326 e. The second-order valence-electron chi connectivity index (χ2n) is 6.73. The van der Waals surface area contributed by atoms with Crippen molar-refractivity contribution in [3.8, 4) is 0 Å². The van der Waals surface area contributed by atoms with Crippen molar-refractivity contribution in [3.05, 3.63) is 0 Å². The van der Waals surface area contributed by atoms with Crippen LogP contribution in [-0.2, 0) is 4.79 Å². The molecule has 0 radical (unpaired) electrons. The summed E-state index contributed by atoms with van der Waals surface area (Å²) in [5.41, 5.74) is -0.794. The Morgan fingerprint density at radius 1 is 1.17 bits per heavy atom. The zero-order valence-electron chi connectivity index (χ0n) is 11.8. The third-order valence-corrected chi connectivity index (χ3v) is 3.42. The van der Waals surface area contributed by atoms with Crippen LogP contribution in [-0.4, -0.2) is 28.7 Å². The van der Waals surface area contributed by atoms with Crippen LogP contribution in [0.15, 0.2) is 0 Å². The van der Waals surface area contributed by atoms with E-state index >= 15 is 0 Å². The minimum absolute atomic E-state index is 0.273. The largest absolute Gasteiger partial charge is 0.480 e. The Morgan fingerprint density at radius 3 is 2.00 bits per heavy atom. The number of amides is 2. The molecule has 0 aromatic rings. The number of aliphatic carboxylic acids is 1. The van der Waals surface area contributed by atoms with Crippen molar-refractivity contribution >= 4 is 12.0 Å². The standard InChI is InChI=1S/C13H24N2O3/c1-12(2,3)9(10(16)17)14-11(18)15-13(4,5)8-6-7-8/h8-9H,6-7H2,1-5H3,(H,16,17)(H2,14,15,18). The fraction of sp³-hybridized carbons (Fsp3) is 0.846. The molecule has 1 fully saturated rings. The van der Waals surface area contributed by atoms with Gasteiger partial charge in [0, 0.05) is 5.54 Å². The topological polar surface area (TPSA) is 78.4 Å². The first-order chi connectivity index (χ1) is 8.04. The van der Waals surface area contributed by atoms with Gasteiger partial charge < -0.3 is 15.7 Å². The lowest BCUT2D eigenvalue weighted by molar-refractivity contribution is -0.141. The van der Waals surface area contributed by atoms with E-state index < -0.39 is 23.5 Å². The molecule has 18 heavy (non-hydrogen) atoms. The summed E-state index contributed by atoms with van der Waals surface area (Å²) in [6.07, 6.45) is 2.24. The molecule has 1 rings (SSSR count). The quantitative estimate of drug-likeness (QED) is 0.719. The molecule has 1 saturated carbocycles. The number of carboxylic acids is 1. The van der Waals surface area contributed by atoms with Gasteiger partial charge >= 0.3 is 12.0 Å². The molecule has 0 spiro atoms. The molecule has 3 N–H and O–H groups in total. The number of carbonyl (C=O) groups excluding carboxylic acids is 1. The van der Waals surface area contributed by atoms with Crippen molar-refractivity contribution in [2.75, 3.05) is 0 Å². The van der Waals surface area contributed by atoms with E-state index in [1.807, 2.05) is 13.8 Å². The van der Waals surface area contributed by atoms with E-state index in [0.717, 1.165) is 12.8 Å². The lowest BCUT2D eigenvalue weighted by Gasteiger charge is -2.31. The van der Waals surface area contributed by atoms with Crippen LogP contribution < -0.4 is 10.6 Å². The lowest BCUT2D eigenvalue weighted by atomic mass is 9.87. The van der Waals surface area contributed by atoms with E-state index in [1.165, 1.54) is 0 Å². The van der Waals surface area contributed by atoms with Crippen LogP contribution in [0.4, 0.5) is 4.79 Å². The van der Waals surface area contributed by atoms with E-state index in [0.29, 0.717) is 5.92 Å². The molecule has 0 aromatic carbocycles. The van der Waals surface area contributed by atoms with E-state index in [-0.39, 0.29) is 5.54 Å². The van der Waals surface area contributed by atoms with Gasteiger partial charge in [-0.2, -0.15) is 0 Å². The minimum Gasteiger partial charge on any atom is -0.480 e. The minimum atomic E-state index is -1.01. The number of nitrogens with one attached hydrogen (secondary N) is 2. The Balaban J connectivity index is 2.59. The van der Waals surface area contributed by atoms with Gasteiger partial charge in [0.25, 0.3) is 0 Å². The first kappa shape index (κ1) is 14.8. The number of carboxylic acid groups (broad SMARTS) is 1. The maximum atomic E-state index is 11.9. The van der Waals surface area contributed by atoms with Crippen LogP contribution in [0.1, 0.15) is 47.5 Å². The predicted molar refractivity (Wildman–Crippen MR) is 69.3 cm³/mol. The third-order valence-electron chi connectivity index (χ3n) is 3.42. The lowest BCUT2D eigenvalue weighted by Crippen LogP contribution is -2.56. The molecule has 0 saturated heterocycles. The van der Waals surface area contributed by atoms with Crippen LogP contribution in [0, 0.1) is 11.3 Å². The highest BCUT2D eigenvalue weighted by molar-refractivity contribution is 5.83. The van der Waals surface area contributed by atoms with Gasteiger partial charge in [0.15, 0.2) is 0 Å². The molecule has 0 aliphatic heterocycles. The monoisotopic (exact) mass is 256 g/mol. The number of rotatable bonds is 4. The van der Waals surface area contributed by atoms with E-state index in [1.54, 1.807) is 20.8 Å². The fourth-order valence-electron chi connectivity index (χ4n) is 2.02. The summed E-state index contributed by atoms with van der Waals surface area (Å²) >= 11 is 0. The highest BCUT2D eigenvalue weighted by Gasteiger charge is 2.40. The fourth-order valence-corrected chi connectivity index (χ4v) is 2.02. The molecule has 1 aliphatic rings. The highest BCUT2D eigenvalue weighted by Crippen LogP contribution is 2.39.